The molecule has 0 bridgehead atoms. The average Bonchev–Trinajstić information content (AvgIpc) is 2.52. The molecule has 140 valence electrons. The third-order valence-electron chi connectivity index (χ3n) is 3.98. The molecule has 0 spiro atoms. The van der Waals surface area contributed by atoms with Crippen LogP contribution in [0.2, 0.25) is 5.02 Å². The third kappa shape index (κ3) is 4.69. The molecule has 0 aliphatic carbocycles. The summed E-state index contributed by atoms with van der Waals surface area (Å²) in [7, 11) is 0. The summed E-state index contributed by atoms with van der Waals surface area (Å²) >= 11 is 5.58. The van der Waals surface area contributed by atoms with Crippen molar-refractivity contribution in [2.45, 2.75) is 40.0 Å². The second-order valence-corrected chi connectivity index (χ2v) is 6.55. The van der Waals surface area contributed by atoms with E-state index < -0.39 is 28.8 Å². The van der Waals surface area contributed by atoms with Crippen molar-refractivity contribution >= 4 is 23.2 Å². The van der Waals surface area contributed by atoms with E-state index in [1.165, 1.54) is 13.0 Å². The molecule has 0 saturated carbocycles. The molecule has 0 saturated heterocycles. The smallest absolute Gasteiger partial charge is 0.417 e. The topological polar surface area (TPSA) is 38.3 Å². The van der Waals surface area contributed by atoms with Crippen LogP contribution in [0.15, 0.2) is 30.3 Å². The van der Waals surface area contributed by atoms with Crippen LogP contribution in [0.1, 0.15) is 29.2 Å². The van der Waals surface area contributed by atoms with E-state index in [9.17, 15) is 18.0 Å². The maximum Gasteiger partial charge on any atom is 0.417 e. The Balaban J connectivity index is 2.15. The SMILES string of the molecule is Cc1cc(C)c(C)c(O[C@@H](C)C(=O)Nc2ccc(Cl)c(C(F)(F)F)c2)c1. The lowest BCUT2D eigenvalue weighted by Crippen LogP contribution is -2.30. The number of anilines is 1. The Labute approximate surface area is 155 Å². The first-order valence-corrected chi connectivity index (χ1v) is 8.29. The minimum Gasteiger partial charge on any atom is -0.481 e. The molecule has 2 rings (SSSR count). The number of hydrogen-bond donors (Lipinski definition) is 1. The molecule has 0 unspecified atom stereocenters. The standard InChI is InChI=1S/C19H19ClF3NO2/c1-10-7-11(2)12(3)17(8-10)26-13(4)18(25)24-14-5-6-16(20)15(9-14)19(21,22)23/h5-9,13H,1-4H3,(H,24,25)/t13-/m0/s1. The van der Waals surface area contributed by atoms with Crippen LogP contribution < -0.4 is 10.1 Å². The van der Waals surface area contributed by atoms with Crippen LogP contribution in [0.4, 0.5) is 18.9 Å². The lowest BCUT2D eigenvalue weighted by molar-refractivity contribution is -0.137. The van der Waals surface area contributed by atoms with Gasteiger partial charge in [0.15, 0.2) is 6.10 Å². The number of alkyl halides is 3. The second kappa shape index (κ2) is 7.58. The van der Waals surface area contributed by atoms with Gasteiger partial charge in [-0.15, -0.1) is 0 Å². The van der Waals surface area contributed by atoms with Gasteiger partial charge < -0.3 is 10.1 Å². The molecule has 1 atom stereocenters. The highest BCUT2D eigenvalue weighted by molar-refractivity contribution is 6.31. The molecule has 0 aliphatic rings. The lowest BCUT2D eigenvalue weighted by Gasteiger charge is -2.18. The molecule has 7 heteroatoms. The van der Waals surface area contributed by atoms with E-state index in [2.05, 4.69) is 5.32 Å². The lowest BCUT2D eigenvalue weighted by atomic mass is 10.1. The maximum absolute atomic E-state index is 12.9. The Morgan fingerprint density at radius 2 is 1.81 bits per heavy atom. The van der Waals surface area contributed by atoms with E-state index in [1.54, 1.807) is 0 Å². The number of halogens is 4. The summed E-state index contributed by atoms with van der Waals surface area (Å²) in [5.74, 6) is 0.0104. The molecule has 1 amide bonds. The number of carbonyl (C=O) groups excluding carboxylic acids is 1. The van der Waals surface area contributed by atoms with E-state index in [0.717, 1.165) is 28.8 Å². The molecule has 2 aromatic rings. The van der Waals surface area contributed by atoms with E-state index in [-0.39, 0.29) is 5.69 Å². The first kappa shape index (κ1) is 20.1. The zero-order valence-corrected chi connectivity index (χ0v) is 15.5. The van der Waals surface area contributed by atoms with Crippen molar-refractivity contribution in [3.05, 3.63) is 57.6 Å². The third-order valence-corrected chi connectivity index (χ3v) is 4.31. The van der Waals surface area contributed by atoms with E-state index in [4.69, 9.17) is 16.3 Å². The quantitative estimate of drug-likeness (QED) is 0.734. The monoisotopic (exact) mass is 385 g/mol. The summed E-state index contributed by atoms with van der Waals surface area (Å²) in [6, 6.07) is 7.02. The molecular weight excluding hydrogens is 367 g/mol. The number of aryl methyl sites for hydroxylation is 2. The summed E-state index contributed by atoms with van der Waals surface area (Å²) in [5.41, 5.74) is 1.92. The number of ether oxygens (including phenoxy) is 1. The van der Waals surface area contributed by atoms with Crippen LogP contribution in [-0.4, -0.2) is 12.0 Å². The molecule has 1 N–H and O–H groups in total. The molecule has 0 heterocycles. The number of carbonyl (C=O) groups is 1. The van der Waals surface area contributed by atoms with Crippen LogP contribution in [0.25, 0.3) is 0 Å². The number of benzene rings is 2. The molecule has 0 aromatic heterocycles. The predicted octanol–water partition coefficient (Wildman–Crippen LogP) is 5.69. The molecular formula is C19H19ClF3NO2. The summed E-state index contributed by atoms with van der Waals surface area (Å²) in [6.07, 6.45) is -5.49. The molecule has 26 heavy (non-hydrogen) atoms. The number of nitrogens with one attached hydrogen (secondary N) is 1. The molecule has 0 radical (unpaired) electrons. The molecule has 3 nitrogen and oxygen atoms in total. The van der Waals surface area contributed by atoms with Gasteiger partial charge in [0.1, 0.15) is 5.75 Å². The Bertz CT molecular complexity index is 834. The molecule has 2 aromatic carbocycles. The predicted molar refractivity (Wildman–Crippen MR) is 95.8 cm³/mol. The van der Waals surface area contributed by atoms with Crippen LogP contribution in [-0.2, 0) is 11.0 Å². The van der Waals surface area contributed by atoms with Crippen molar-refractivity contribution in [3.63, 3.8) is 0 Å². The van der Waals surface area contributed by atoms with E-state index >= 15 is 0 Å². The average molecular weight is 386 g/mol. The van der Waals surface area contributed by atoms with Gasteiger partial charge in [-0.25, -0.2) is 0 Å². The molecule has 0 aliphatic heterocycles. The van der Waals surface area contributed by atoms with Gasteiger partial charge in [-0.2, -0.15) is 13.2 Å². The number of hydrogen-bond acceptors (Lipinski definition) is 2. The van der Waals surface area contributed by atoms with Crippen LogP contribution in [0, 0.1) is 20.8 Å². The summed E-state index contributed by atoms with van der Waals surface area (Å²) in [6.45, 7) is 7.26. The van der Waals surface area contributed by atoms with Gasteiger partial charge in [0.25, 0.3) is 5.91 Å². The minimum atomic E-state index is -4.60. The van der Waals surface area contributed by atoms with Crippen molar-refractivity contribution in [1.82, 2.24) is 0 Å². The fourth-order valence-electron chi connectivity index (χ4n) is 2.43. The summed E-state index contributed by atoms with van der Waals surface area (Å²) < 4.78 is 44.4. The van der Waals surface area contributed by atoms with Crippen molar-refractivity contribution in [1.29, 1.82) is 0 Å². The fraction of sp³-hybridized carbons (Fsp3) is 0.316. The summed E-state index contributed by atoms with van der Waals surface area (Å²) in [4.78, 5) is 12.3. The van der Waals surface area contributed by atoms with Crippen molar-refractivity contribution < 1.29 is 22.7 Å². The van der Waals surface area contributed by atoms with E-state index in [0.29, 0.717) is 5.75 Å². The second-order valence-electron chi connectivity index (χ2n) is 6.15. The van der Waals surface area contributed by atoms with Gasteiger partial charge in [0, 0.05) is 5.69 Å². The normalized spacial score (nSPS) is 12.6. The Kier molecular flexibility index (Phi) is 5.86. The van der Waals surface area contributed by atoms with Gasteiger partial charge in [0.05, 0.1) is 10.6 Å². The van der Waals surface area contributed by atoms with Crippen LogP contribution >= 0.6 is 11.6 Å². The van der Waals surface area contributed by atoms with Crippen molar-refractivity contribution in [2.24, 2.45) is 0 Å². The largest absolute Gasteiger partial charge is 0.481 e. The van der Waals surface area contributed by atoms with Gasteiger partial charge in [-0.1, -0.05) is 17.7 Å². The Hall–Kier alpha value is -2.21. The fourth-order valence-corrected chi connectivity index (χ4v) is 2.66. The first-order valence-electron chi connectivity index (χ1n) is 7.91. The highest BCUT2D eigenvalue weighted by atomic mass is 35.5. The van der Waals surface area contributed by atoms with Crippen LogP contribution in [0.3, 0.4) is 0 Å². The molecule has 0 fully saturated rings. The maximum atomic E-state index is 12.9. The van der Waals surface area contributed by atoms with Gasteiger partial charge >= 0.3 is 6.18 Å². The van der Waals surface area contributed by atoms with Crippen molar-refractivity contribution in [3.8, 4) is 5.75 Å². The van der Waals surface area contributed by atoms with Gasteiger partial charge in [-0.3, -0.25) is 4.79 Å². The van der Waals surface area contributed by atoms with Crippen LogP contribution in [0.5, 0.6) is 5.75 Å². The number of amides is 1. The minimum absolute atomic E-state index is 0.000630. The van der Waals surface area contributed by atoms with Crippen molar-refractivity contribution in [2.75, 3.05) is 5.32 Å². The Morgan fingerprint density at radius 3 is 2.42 bits per heavy atom. The van der Waals surface area contributed by atoms with Gasteiger partial charge in [-0.05, 0) is 68.7 Å². The zero-order chi connectivity index (χ0) is 19.6. The highest BCUT2D eigenvalue weighted by Gasteiger charge is 2.33. The van der Waals surface area contributed by atoms with Gasteiger partial charge in [0.2, 0.25) is 0 Å². The zero-order valence-electron chi connectivity index (χ0n) is 14.8. The first-order chi connectivity index (χ1) is 12.0. The Morgan fingerprint density at radius 1 is 1.15 bits per heavy atom. The number of rotatable bonds is 4. The highest BCUT2D eigenvalue weighted by Crippen LogP contribution is 2.36. The van der Waals surface area contributed by atoms with E-state index in [1.807, 2.05) is 32.9 Å². The summed E-state index contributed by atoms with van der Waals surface area (Å²) in [5, 5.41) is 2.00.